The molecule has 0 aromatic heterocycles. The van der Waals surface area contributed by atoms with Crippen LogP contribution in [0.2, 0.25) is 0 Å². The highest BCUT2D eigenvalue weighted by Crippen LogP contribution is 2.04. The third kappa shape index (κ3) is 6.58. The van der Waals surface area contributed by atoms with Crippen LogP contribution in [0.5, 0.6) is 0 Å². The molecule has 0 spiro atoms. The predicted molar refractivity (Wildman–Crippen MR) is 53.6 cm³/mol. The molecule has 1 N–H and O–H groups in total. The molecular formula is C10H21NO2. The van der Waals surface area contributed by atoms with Gasteiger partial charge in [0.1, 0.15) is 0 Å². The van der Waals surface area contributed by atoms with E-state index >= 15 is 0 Å². The third-order valence-electron chi connectivity index (χ3n) is 2.28. The topological polar surface area (TPSA) is 38.3 Å². The largest absolute Gasteiger partial charge is 0.384 e. The summed E-state index contributed by atoms with van der Waals surface area (Å²) in [6.07, 6.45) is 2.72. The van der Waals surface area contributed by atoms with E-state index in [4.69, 9.17) is 4.74 Å². The van der Waals surface area contributed by atoms with Gasteiger partial charge in [0.2, 0.25) is 5.91 Å². The molecule has 0 aliphatic rings. The minimum absolute atomic E-state index is 0.0914. The van der Waals surface area contributed by atoms with Crippen LogP contribution in [0.15, 0.2) is 0 Å². The van der Waals surface area contributed by atoms with E-state index in [0.717, 1.165) is 19.4 Å². The minimum Gasteiger partial charge on any atom is -0.384 e. The first-order valence-electron chi connectivity index (χ1n) is 5.00. The van der Waals surface area contributed by atoms with Crippen molar-refractivity contribution in [3.63, 3.8) is 0 Å². The first-order valence-corrected chi connectivity index (χ1v) is 5.00. The number of methoxy groups -OCH3 is 1. The lowest BCUT2D eigenvalue weighted by Gasteiger charge is -2.12. The van der Waals surface area contributed by atoms with Crippen LogP contribution in [0.25, 0.3) is 0 Å². The molecule has 0 fully saturated rings. The zero-order valence-corrected chi connectivity index (χ0v) is 8.93. The summed E-state index contributed by atoms with van der Waals surface area (Å²) in [7, 11) is 1.61. The fourth-order valence-electron chi connectivity index (χ4n) is 1.12. The average molecular weight is 187 g/mol. The number of nitrogens with one attached hydrogen (secondary N) is 1. The summed E-state index contributed by atoms with van der Waals surface area (Å²) in [5, 5.41) is 2.90. The summed E-state index contributed by atoms with van der Waals surface area (Å²) in [6.45, 7) is 5.61. The number of rotatable bonds is 7. The summed E-state index contributed by atoms with van der Waals surface area (Å²) in [5.41, 5.74) is 0. The molecule has 78 valence electrons. The van der Waals surface area contributed by atoms with Crippen LogP contribution in [-0.4, -0.2) is 26.2 Å². The molecule has 0 atom stereocenters. The summed E-state index contributed by atoms with van der Waals surface area (Å²) in [5.74, 6) is 0.709. The van der Waals surface area contributed by atoms with Gasteiger partial charge in [0.05, 0.1) is 6.61 Å². The van der Waals surface area contributed by atoms with Crippen LogP contribution in [0.3, 0.4) is 0 Å². The maximum Gasteiger partial charge on any atom is 0.222 e. The smallest absolute Gasteiger partial charge is 0.222 e. The van der Waals surface area contributed by atoms with Crippen LogP contribution < -0.4 is 5.32 Å². The highest BCUT2D eigenvalue weighted by molar-refractivity contribution is 5.75. The second kappa shape index (κ2) is 8.05. The van der Waals surface area contributed by atoms with Gasteiger partial charge < -0.3 is 10.1 Å². The summed E-state index contributed by atoms with van der Waals surface area (Å²) in [6, 6.07) is 0. The standard InChI is InChI=1S/C10H21NO2/c1-4-9(5-2)8-11-10(12)6-7-13-3/h9H,4-8H2,1-3H3,(H,11,12). The molecule has 0 saturated heterocycles. The van der Waals surface area contributed by atoms with Gasteiger partial charge in [0.15, 0.2) is 0 Å². The molecule has 0 heterocycles. The molecule has 0 unspecified atom stereocenters. The van der Waals surface area contributed by atoms with E-state index in [1.807, 2.05) is 0 Å². The van der Waals surface area contributed by atoms with E-state index in [9.17, 15) is 4.79 Å². The number of carbonyl (C=O) groups excluding carboxylic acids is 1. The summed E-state index contributed by atoms with van der Waals surface area (Å²) < 4.78 is 4.81. The molecule has 0 bridgehead atoms. The van der Waals surface area contributed by atoms with E-state index in [0.29, 0.717) is 18.9 Å². The third-order valence-corrected chi connectivity index (χ3v) is 2.28. The van der Waals surface area contributed by atoms with Crippen molar-refractivity contribution in [2.45, 2.75) is 33.1 Å². The lowest BCUT2D eigenvalue weighted by molar-refractivity contribution is -0.122. The van der Waals surface area contributed by atoms with E-state index in [1.165, 1.54) is 0 Å². The fourth-order valence-corrected chi connectivity index (χ4v) is 1.12. The van der Waals surface area contributed by atoms with Crippen LogP contribution in [0.1, 0.15) is 33.1 Å². The SMILES string of the molecule is CCC(CC)CNC(=O)CCOC. The summed E-state index contributed by atoms with van der Waals surface area (Å²) in [4.78, 5) is 11.1. The molecule has 3 nitrogen and oxygen atoms in total. The molecule has 0 aliphatic carbocycles. The maximum absolute atomic E-state index is 11.1. The molecular weight excluding hydrogens is 166 g/mol. The van der Waals surface area contributed by atoms with Gasteiger partial charge in [0, 0.05) is 20.1 Å². The number of carbonyl (C=O) groups is 1. The van der Waals surface area contributed by atoms with Crippen molar-refractivity contribution < 1.29 is 9.53 Å². The molecule has 0 aromatic rings. The Kier molecular flexibility index (Phi) is 7.69. The number of hydrogen-bond donors (Lipinski definition) is 1. The van der Waals surface area contributed by atoms with E-state index in [-0.39, 0.29) is 5.91 Å². The van der Waals surface area contributed by atoms with Crippen molar-refractivity contribution in [3.8, 4) is 0 Å². The van der Waals surface area contributed by atoms with Crippen molar-refractivity contribution in [2.75, 3.05) is 20.3 Å². The zero-order valence-electron chi connectivity index (χ0n) is 8.93. The molecule has 0 saturated carbocycles. The van der Waals surface area contributed by atoms with Gasteiger partial charge in [-0.3, -0.25) is 4.79 Å². The molecule has 0 radical (unpaired) electrons. The van der Waals surface area contributed by atoms with Crippen molar-refractivity contribution in [2.24, 2.45) is 5.92 Å². The quantitative estimate of drug-likeness (QED) is 0.657. The van der Waals surface area contributed by atoms with Gasteiger partial charge in [-0.05, 0) is 5.92 Å². The molecule has 13 heavy (non-hydrogen) atoms. The van der Waals surface area contributed by atoms with Gasteiger partial charge in [-0.1, -0.05) is 26.7 Å². The number of ether oxygens (including phenoxy) is 1. The van der Waals surface area contributed by atoms with Gasteiger partial charge in [-0.2, -0.15) is 0 Å². The summed E-state index contributed by atoms with van der Waals surface area (Å²) >= 11 is 0. The lowest BCUT2D eigenvalue weighted by atomic mass is 10.0. The Labute approximate surface area is 80.8 Å². The highest BCUT2D eigenvalue weighted by atomic mass is 16.5. The second-order valence-corrected chi connectivity index (χ2v) is 3.23. The average Bonchev–Trinajstić information content (AvgIpc) is 2.16. The Morgan fingerprint density at radius 3 is 2.46 bits per heavy atom. The van der Waals surface area contributed by atoms with Gasteiger partial charge in [-0.25, -0.2) is 0 Å². The second-order valence-electron chi connectivity index (χ2n) is 3.23. The van der Waals surface area contributed by atoms with E-state index < -0.39 is 0 Å². The van der Waals surface area contributed by atoms with Gasteiger partial charge >= 0.3 is 0 Å². The van der Waals surface area contributed by atoms with E-state index in [1.54, 1.807) is 7.11 Å². The highest BCUT2D eigenvalue weighted by Gasteiger charge is 2.05. The first kappa shape index (κ1) is 12.4. The van der Waals surface area contributed by atoms with Gasteiger partial charge in [0.25, 0.3) is 0 Å². The normalized spacial score (nSPS) is 10.5. The molecule has 0 aromatic carbocycles. The van der Waals surface area contributed by atoms with Crippen molar-refractivity contribution in [3.05, 3.63) is 0 Å². The van der Waals surface area contributed by atoms with Crippen molar-refractivity contribution in [1.82, 2.24) is 5.32 Å². The Morgan fingerprint density at radius 1 is 1.38 bits per heavy atom. The van der Waals surface area contributed by atoms with Crippen LogP contribution in [0.4, 0.5) is 0 Å². The van der Waals surface area contributed by atoms with Crippen LogP contribution >= 0.6 is 0 Å². The molecule has 3 heteroatoms. The maximum atomic E-state index is 11.1. The number of amides is 1. The first-order chi connectivity index (χ1) is 6.24. The Morgan fingerprint density at radius 2 is 2.00 bits per heavy atom. The molecule has 0 rings (SSSR count). The molecule has 0 aliphatic heterocycles. The Hall–Kier alpha value is -0.570. The van der Waals surface area contributed by atoms with E-state index in [2.05, 4.69) is 19.2 Å². The zero-order chi connectivity index (χ0) is 10.1. The number of hydrogen-bond acceptors (Lipinski definition) is 2. The predicted octanol–water partition coefficient (Wildman–Crippen LogP) is 1.58. The lowest BCUT2D eigenvalue weighted by Crippen LogP contribution is -2.29. The van der Waals surface area contributed by atoms with Crippen molar-refractivity contribution >= 4 is 5.91 Å². The minimum atomic E-state index is 0.0914. The monoisotopic (exact) mass is 187 g/mol. The van der Waals surface area contributed by atoms with Gasteiger partial charge in [-0.15, -0.1) is 0 Å². The fraction of sp³-hybridized carbons (Fsp3) is 0.900. The van der Waals surface area contributed by atoms with Crippen LogP contribution in [-0.2, 0) is 9.53 Å². The van der Waals surface area contributed by atoms with Crippen LogP contribution in [0, 0.1) is 5.92 Å². The Bertz CT molecular complexity index is 133. The molecule has 1 amide bonds. The Balaban J connectivity index is 3.44. The van der Waals surface area contributed by atoms with Crippen molar-refractivity contribution in [1.29, 1.82) is 0 Å².